The molecule has 0 bridgehead atoms. The van der Waals surface area contributed by atoms with Gasteiger partial charge in [0.1, 0.15) is 17.8 Å². The Bertz CT molecular complexity index is 725. The molecule has 5 N–H and O–H groups in total. The predicted octanol–water partition coefficient (Wildman–Crippen LogP) is 2.34. The Balaban J connectivity index is 2.10. The lowest BCUT2D eigenvalue weighted by atomic mass is 9.96. The number of alkyl carbamates (subject to hydrolysis) is 1. The summed E-state index contributed by atoms with van der Waals surface area (Å²) in [5.41, 5.74) is 6.47. The molecule has 6 nitrogen and oxygen atoms in total. The van der Waals surface area contributed by atoms with Crippen molar-refractivity contribution in [3.63, 3.8) is 0 Å². The Morgan fingerprint density at radius 1 is 1.17 bits per heavy atom. The number of ether oxygens (including phenoxy) is 1. The third-order valence-corrected chi connectivity index (χ3v) is 3.53. The maximum absolute atomic E-state index is 11.6. The van der Waals surface area contributed by atoms with Gasteiger partial charge in [-0.05, 0) is 37.8 Å². The fourth-order valence-corrected chi connectivity index (χ4v) is 2.44. The molecule has 0 heterocycles. The van der Waals surface area contributed by atoms with Crippen molar-refractivity contribution in [2.75, 3.05) is 12.3 Å². The van der Waals surface area contributed by atoms with E-state index in [4.69, 9.17) is 10.5 Å². The quantitative estimate of drug-likeness (QED) is 0.643. The second-order valence-electron chi connectivity index (χ2n) is 6.68. The summed E-state index contributed by atoms with van der Waals surface area (Å²) in [6.07, 6.45) is -2.98. The molecule has 0 spiro atoms. The molecule has 0 aliphatic rings. The van der Waals surface area contributed by atoms with Crippen LogP contribution in [0.4, 0.5) is 10.5 Å². The van der Waals surface area contributed by atoms with Crippen molar-refractivity contribution in [2.24, 2.45) is 0 Å². The average Bonchev–Trinajstić information content (AvgIpc) is 2.50. The van der Waals surface area contributed by atoms with Gasteiger partial charge in [-0.25, -0.2) is 4.79 Å². The maximum Gasteiger partial charge on any atom is 0.407 e. The largest absolute Gasteiger partial charge is 0.444 e. The highest BCUT2D eigenvalue weighted by Gasteiger charge is 2.23. The van der Waals surface area contributed by atoms with Crippen molar-refractivity contribution < 1.29 is 19.7 Å². The summed E-state index contributed by atoms with van der Waals surface area (Å²) in [7, 11) is 0. The smallest absolute Gasteiger partial charge is 0.407 e. The highest BCUT2D eigenvalue weighted by Crippen LogP contribution is 2.29. The summed E-state index contributed by atoms with van der Waals surface area (Å²) in [5.74, 6) is 0. The first-order valence-corrected chi connectivity index (χ1v) is 7.79. The van der Waals surface area contributed by atoms with Gasteiger partial charge in [0.2, 0.25) is 0 Å². The van der Waals surface area contributed by atoms with Crippen LogP contribution in [0.5, 0.6) is 0 Å². The summed E-state index contributed by atoms with van der Waals surface area (Å²) in [6, 6.07) is 10.7. The van der Waals surface area contributed by atoms with E-state index in [-0.39, 0.29) is 6.54 Å². The molecule has 0 aliphatic heterocycles. The van der Waals surface area contributed by atoms with Crippen molar-refractivity contribution >= 4 is 22.6 Å². The van der Waals surface area contributed by atoms with Crippen molar-refractivity contribution in [3.8, 4) is 0 Å². The lowest BCUT2D eigenvalue weighted by Crippen LogP contribution is -2.38. The number of rotatable bonds is 4. The Morgan fingerprint density at radius 2 is 1.79 bits per heavy atom. The van der Waals surface area contributed by atoms with E-state index in [0.717, 1.165) is 10.8 Å². The van der Waals surface area contributed by atoms with Crippen LogP contribution in [0, 0.1) is 0 Å². The molecule has 24 heavy (non-hydrogen) atoms. The monoisotopic (exact) mass is 332 g/mol. The van der Waals surface area contributed by atoms with Crippen LogP contribution in [0.3, 0.4) is 0 Å². The Kier molecular flexibility index (Phi) is 5.31. The standard InChI is InChI=1S/C18H24N2O4/c1-18(2,3)24-17(23)20-10-15(21)16(22)13-8-4-7-12-11(13)6-5-9-14(12)19/h4-9,15-16,21-22H,10,19H2,1-3H3,(H,20,23). The molecule has 6 heteroatoms. The maximum atomic E-state index is 11.6. The molecule has 0 fully saturated rings. The molecule has 1 amide bonds. The van der Waals surface area contributed by atoms with E-state index >= 15 is 0 Å². The number of carbonyl (C=O) groups excluding carboxylic acids is 1. The van der Waals surface area contributed by atoms with E-state index < -0.39 is 23.9 Å². The zero-order valence-corrected chi connectivity index (χ0v) is 14.1. The molecule has 0 radical (unpaired) electrons. The van der Waals surface area contributed by atoms with Gasteiger partial charge < -0.3 is 26.0 Å². The van der Waals surface area contributed by atoms with Gasteiger partial charge in [0.15, 0.2) is 0 Å². The van der Waals surface area contributed by atoms with Gasteiger partial charge >= 0.3 is 6.09 Å². The Morgan fingerprint density at radius 3 is 2.46 bits per heavy atom. The van der Waals surface area contributed by atoms with Gasteiger partial charge in [-0.2, -0.15) is 0 Å². The van der Waals surface area contributed by atoms with E-state index in [0.29, 0.717) is 11.3 Å². The third kappa shape index (κ3) is 4.37. The third-order valence-electron chi connectivity index (χ3n) is 3.53. The second kappa shape index (κ2) is 7.07. The number of amides is 1. The highest BCUT2D eigenvalue weighted by molar-refractivity contribution is 5.95. The number of fused-ring (bicyclic) bond motifs is 1. The van der Waals surface area contributed by atoms with Crippen molar-refractivity contribution in [1.29, 1.82) is 0 Å². The minimum Gasteiger partial charge on any atom is -0.444 e. The number of hydrogen-bond acceptors (Lipinski definition) is 5. The molecular weight excluding hydrogens is 308 g/mol. The fourth-order valence-electron chi connectivity index (χ4n) is 2.44. The van der Waals surface area contributed by atoms with Gasteiger partial charge in [-0.3, -0.25) is 0 Å². The predicted molar refractivity (Wildman–Crippen MR) is 93.6 cm³/mol. The van der Waals surface area contributed by atoms with Gasteiger partial charge in [0.25, 0.3) is 0 Å². The summed E-state index contributed by atoms with van der Waals surface area (Å²) in [6.45, 7) is 5.11. The van der Waals surface area contributed by atoms with Gasteiger partial charge in [-0.15, -0.1) is 0 Å². The number of nitrogens with two attached hydrogens (primary N) is 1. The molecule has 2 aromatic carbocycles. The Hall–Kier alpha value is -2.31. The zero-order valence-electron chi connectivity index (χ0n) is 14.1. The number of hydrogen-bond donors (Lipinski definition) is 4. The molecule has 0 aliphatic carbocycles. The highest BCUT2D eigenvalue weighted by atomic mass is 16.6. The molecular formula is C18H24N2O4. The normalized spacial score (nSPS) is 14.2. The minimum absolute atomic E-state index is 0.130. The van der Waals surface area contributed by atoms with Crippen molar-refractivity contribution in [1.82, 2.24) is 5.32 Å². The van der Waals surface area contributed by atoms with E-state index in [1.54, 1.807) is 45.0 Å². The van der Waals surface area contributed by atoms with Crippen LogP contribution in [-0.2, 0) is 4.74 Å². The molecule has 0 aromatic heterocycles. The minimum atomic E-state index is -1.18. The fraction of sp³-hybridized carbons (Fsp3) is 0.389. The van der Waals surface area contributed by atoms with Crippen LogP contribution < -0.4 is 11.1 Å². The van der Waals surface area contributed by atoms with Crippen LogP contribution in [0.15, 0.2) is 36.4 Å². The number of benzene rings is 2. The molecule has 0 saturated carbocycles. The Labute approximate surface area is 141 Å². The molecule has 2 unspecified atom stereocenters. The summed E-state index contributed by atoms with van der Waals surface area (Å²) in [5, 5.41) is 24.7. The van der Waals surface area contributed by atoms with E-state index in [9.17, 15) is 15.0 Å². The molecule has 2 aromatic rings. The zero-order chi connectivity index (χ0) is 17.9. The molecule has 2 atom stereocenters. The number of carbonyl (C=O) groups is 1. The van der Waals surface area contributed by atoms with Gasteiger partial charge in [0, 0.05) is 17.6 Å². The van der Waals surface area contributed by atoms with Crippen LogP contribution in [0.2, 0.25) is 0 Å². The number of aliphatic hydroxyl groups excluding tert-OH is 2. The number of anilines is 1. The van der Waals surface area contributed by atoms with Crippen LogP contribution in [0.25, 0.3) is 10.8 Å². The molecule has 0 saturated heterocycles. The van der Waals surface area contributed by atoms with E-state index in [1.807, 2.05) is 12.1 Å². The first-order valence-electron chi connectivity index (χ1n) is 7.79. The molecule has 130 valence electrons. The van der Waals surface area contributed by atoms with Crippen molar-refractivity contribution in [2.45, 2.75) is 38.6 Å². The summed E-state index contributed by atoms with van der Waals surface area (Å²) >= 11 is 0. The number of nitrogens with one attached hydrogen (secondary N) is 1. The van der Waals surface area contributed by atoms with Crippen molar-refractivity contribution in [3.05, 3.63) is 42.0 Å². The second-order valence-corrected chi connectivity index (χ2v) is 6.68. The summed E-state index contributed by atoms with van der Waals surface area (Å²) < 4.78 is 5.10. The SMILES string of the molecule is CC(C)(C)OC(=O)NCC(O)C(O)c1cccc2c(N)cccc12. The van der Waals surface area contributed by atoms with Crippen LogP contribution in [0.1, 0.15) is 32.4 Å². The van der Waals surface area contributed by atoms with Gasteiger partial charge in [0.05, 0.1) is 0 Å². The van der Waals surface area contributed by atoms with E-state index in [2.05, 4.69) is 5.32 Å². The van der Waals surface area contributed by atoms with E-state index in [1.165, 1.54) is 0 Å². The van der Waals surface area contributed by atoms with Crippen LogP contribution in [-0.4, -0.2) is 34.6 Å². The topological polar surface area (TPSA) is 105 Å². The molecule has 2 rings (SSSR count). The first-order chi connectivity index (χ1) is 11.2. The summed E-state index contributed by atoms with van der Waals surface area (Å²) in [4.78, 5) is 11.6. The first kappa shape index (κ1) is 18.0. The lowest BCUT2D eigenvalue weighted by molar-refractivity contribution is 0.0136. The number of aliphatic hydroxyl groups is 2. The average molecular weight is 332 g/mol. The number of nitrogen functional groups attached to an aromatic ring is 1. The van der Waals surface area contributed by atoms with Gasteiger partial charge in [-0.1, -0.05) is 30.3 Å². The van der Waals surface area contributed by atoms with Crippen LogP contribution >= 0.6 is 0 Å². The lowest BCUT2D eigenvalue weighted by Gasteiger charge is -2.23.